The van der Waals surface area contributed by atoms with Gasteiger partial charge in [0.25, 0.3) is 0 Å². The van der Waals surface area contributed by atoms with Crippen molar-refractivity contribution in [3.05, 3.63) is 64.4 Å². The second-order valence-electron chi connectivity index (χ2n) is 4.61. The van der Waals surface area contributed by atoms with E-state index in [1.54, 1.807) is 12.1 Å². The molecule has 1 atom stereocenters. The van der Waals surface area contributed by atoms with Crippen molar-refractivity contribution in [3.8, 4) is 5.75 Å². The van der Waals surface area contributed by atoms with Crippen molar-refractivity contribution < 1.29 is 9.13 Å². The predicted octanol–water partition coefficient (Wildman–Crippen LogP) is 4.34. The van der Waals surface area contributed by atoms with Crippen LogP contribution in [0.2, 0.25) is 5.02 Å². The van der Waals surface area contributed by atoms with E-state index in [2.05, 4.69) is 5.32 Å². The Morgan fingerprint density at radius 2 is 2.05 bits per heavy atom. The van der Waals surface area contributed by atoms with Gasteiger partial charge in [-0.2, -0.15) is 0 Å². The molecule has 0 spiro atoms. The third-order valence-corrected chi connectivity index (χ3v) is 3.44. The van der Waals surface area contributed by atoms with E-state index >= 15 is 0 Å². The normalized spacial score (nSPS) is 12.2. The molecule has 0 unspecified atom stereocenters. The first kappa shape index (κ1) is 14.8. The fourth-order valence-electron chi connectivity index (χ4n) is 1.96. The quantitative estimate of drug-likeness (QED) is 0.885. The molecule has 4 heteroatoms. The summed E-state index contributed by atoms with van der Waals surface area (Å²) in [5, 5.41) is 3.98. The smallest absolute Gasteiger partial charge is 0.131 e. The molecule has 0 radical (unpaired) electrons. The Hall–Kier alpha value is -1.58. The zero-order valence-corrected chi connectivity index (χ0v) is 12.2. The van der Waals surface area contributed by atoms with Gasteiger partial charge in [0.05, 0.1) is 7.11 Å². The van der Waals surface area contributed by atoms with E-state index in [0.29, 0.717) is 22.9 Å². The molecule has 106 valence electrons. The number of hydrogen-bond acceptors (Lipinski definition) is 2. The molecule has 0 saturated heterocycles. The molecule has 0 aliphatic rings. The molecule has 0 aliphatic carbocycles. The molecule has 2 rings (SSSR count). The maximum absolute atomic E-state index is 13.8. The summed E-state index contributed by atoms with van der Waals surface area (Å²) in [5.74, 6) is 0.254. The van der Waals surface area contributed by atoms with Gasteiger partial charge in [0.2, 0.25) is 0 Å². The molecule has 1 N–H and O–H groups in total. The highest BCUT2D eigenvalue weighted by Crippen LogP contribution is 2.19. The molecule has 2 aromatic carbocycles. The Kier molecular flexibility index (Phi) is 4.99. The Balaban J connectivity index is 2.01. The Morgan fingerprint density at radius 3 is 2.70 bits per heavy atom. The van der Waals surface area contributed by atoms with Gasteiger partial charge in [-0.15, -0.1) is 0 Å². The first-order valence-corrected chi connectivity index (χ1v) is 6.79. The van der Waals surface area contributed by atoms with Crippen molar-refractivity contribution >= 4 is 11.6 Å². The molecule has 0 aromatic heterocycles. The van der Waals surface area contributed by atoms with E-state index < -0.39 is 0 Å². The highest BCUT2D eigenvalue weighted by atomic mass is 35.5. The minimum absolute atomic E-state index is 0.0928. The van der Waals surface area contributed by atoms with Crippen LogP contribution < -0.4 is 10.1 Å². The van der Waals surface area contributed by atoms with E-state index in [-0.39, 0.29) is 11.9 Å². The van der Waals surface area contributed by atoms with Gasteiger partial charge in [-0.3, -0.25) is 0 Å². The van der Waals surface area contributed by atoms with E-state index in [9.17, 15) is 4.39 Å². The topological polar surface area (TPSA) is 21.3 Å². The summed E-state index contributed by atoms with van der Waals surface area (Å²) in [4.78, 5) is 0. The molecule has 20 heavy (non-hydrogen) atoms. The van der Waals surface area contributed by atoms with Crippen LogP contribution in [0.25, 0.3) is 0 Å². The first-order valence-electron chi connectivity index (χ1n) is 6.41. The van der Waals surface area contributed by atoms with E-state index in [4.69, 9.17) is 16.3 Å². The predicted molar refractivity (Wildman–Crippen MR) is 79.7 cm³/mol. The van der Waals surface area contributed by atoms with Gasteiger partial charge in [0.15, 0.2) is 0 Å². The van der Waals surface area contributed by atoms with Crippen LogP contribution in [0, 0.1) is 5.82 Å². The molecular formula is C16H17ClFNO. The second kappa shape index (κ2) is 6.73. The summed E-state index contributed by atoms with van der Waals surface area (Å²) in [6.07, 6.45) is 0. The van der Waals surface area contributed by atoms with Crippen LogP contribution in [-0.4, -0.2) is 7.11 Å². The van der Waals surface area contributed by atoms with E-state index in [0.717, 1.165) is 5.56 Å². The van der Waals surface area contributed by atoms with E-state index in [1.807, 2.05) is 31.2 Å². The summed E-state index contributed by atoms with van der Waals surface area (Å²) in [6.45, 7) is 2.47. The number of rotatable bonds is 5. The lowest BCUT2D eigenvalue weighted by atomic mass is 10.1. The number of hydrogen-bond donors (Lipinski definition) is 1. The van der Waals surface area contributed by atoms with Crippen molar-refractivity contribution in [3.63, 3.8) is 0 Å². The number of halogens is 2. The van der Waals surface area contributed by atoms with Crippen molar-refractivity contribution in [2.24, 2.45) is 0 Å². The van der Waals surface area contributed by atoms with Gasteiger partial charge in [0.1, 0.15) is 11.6 Å². The highest BCUT2D eigenvalue weighted by Gasteiger charge is 2.08. The molecular weight excluding hydrogens is 277 g/mol. The second-order valence-corrected chi connectivity index (χ2v) is 5.05. The zero-order chi connectivity index (χ0) is 14.5. The Bertz CT molecular complexity index is 588. The monoisotopic (exact) mass is 293 g/mol. The van der Waals surface area contributed by atoms with Gasteiger partial charge >= 0.3 is 0 Å². The van der Waals surface area contributed by atoms with Crippen LogP contribution >= 0.6 is 11.6 Å². The van der Waals surface area contributed by atoms with Crippen molar-refractivity contribution in [2.75, 3.05) is 7.11 Å². The average molecular weight is 294 g/mol. The van der Waals surface area contributed by atoms with Crippen molar-refractivity contribution in [2.45, 2.75) is 19.5 Å². The summed E-state index contributed by atoms with van der Waals surface area (Å²) < 4.78 is 18.8. The third kappa shape index (κ3) is 3.71. The molecule has 0 bridgehead atoms. The van der Waals surface area contributed by atoms with Gasteiger partial charge in [-0.25, -0.2) is 4.39 Å². The largest absolute Gasteiger partial charge is 0.497 e. The van der Waals surface area contributed by atoms with Crippen molar-refractivity contribution in [1.29, 1.82) is 0 Å². The molecule has 2 nitrogen and oxygen atoms in total. The maximum atomic E-state index is 13.8. The molecule has 0 saturated carbocycles. The van der Waals surface area contributed by atoms with Crippen LogP contribution in [-0.2, 0) is 6.54 Å². The maximum Gasteiger partial charge on any atom is 0.131 e. The van der Waals surface area contributed by atoms with Crippen LogP contribution in [0.3, 0.4) is 0 Å². The van der Waals surface area contributed by atoms with Crippen LogP contribution in [0.4, 0.5) is 4.39 Å². The number of ether oxygens (including phenoxy) is 1. The van der Waals surface area contributed by atoms with Crippen LogP contribution in [0.5, 0.6) is 5.75 Å². The summed E-state index contributed by atoms with van der Waals surface area (Å²) in [7, 11) is 1.52. The SMILES string of the molecule is COc1ccc(CN[C@H](C)c2cccc(Cl)c2)c(F)c1. The highest BCUT2D eigenvalue weighted by molar-refractivity contribution is 6.30. The van der Waals surface area contributed by atoms with Crippen molar-refractivity contribution in [1.82, 2.24) is 5.32 Å². The fourth-order valence-corrected chi connectivity index (χ4v) is 2.15. The van der Waals surface area contributed by atoms with E-state index in [1.165, 1.54) is 13.2 Å². The van der Waals surface area contributed by atoms with Gasteiger partial charge in [-0.1, -0.05) is 29.8 Å². The third-order valence-electron chi connectivity index (χ3n) is 3.21. The first-order chi connectivity index (χ1) is 9.60. The summed E-state index contributed by atoms with van der Waals surface area (Å²) >= 11 is 5.96. The minimum Gasteiger partial charge on any atom is -0.497 e. The van der Waals surface area contributed by atoms with Gasteiger partial charge in [0, 0.05) is 29.2 Å². The average Bonchev–Trinajstić information content (AvgIpc) is 2.45. The number of methoxy groups -OCH3 is 1. The lowest BCUT2D eigenvalue weighted by Crippen LogP contribution is -2.18. The Morgan fingerprint density at radius 1 is 1.25 bits per heavy atom. The molecule has 2 aromatic rings. The number of benzene rings is 2. The van der Waals surface area contributed by atoms with Crippen LogP contribution in [0.15, 0.2) is 42.5 Å². The molecule has 0 heterocycles. The lowest BCUT2D eigenvalue weighted by molar-refractivity contribution is 0.410. The lowest BCUT2D eigenvalue weighted by Gasteiger charge is -2.15. The number of nitrogens with one attached hydrogen (secondary N) is 1. The van der Waals surface area contributed by atoms with Gasteiger partial charge < -0.3 is 10.1 Å². The molecule has 0 amide bonds. The fraction of sp³-hybridized carbons (Fsp3) is 0.250. The Labute approximate surface area is 123 Å². The minimum atomic E-state index is -0.268. The van der Waals surface area contributed by atoms with Gasteiger partial charge in [-0.05, 0) is 30.7 Å². The zero-order valence-electron chi connectivity index (χ0n) is 11.5. The van der Waals surface area contributed by atoms with Crippen LogP contribution in [0.1, 0.15) is 24.1 Å². The summed E-state index contributed by atoms with van der Waals surface area (Å²) in [6, 6.07) is 12.6. The molecule has 0 aliphatic heterocycles. The standard InChI is InChI=1S/C16H17ClFNO/c1-11(12-4-3-5-14(17)8-12)19-10-13-6-7-15(20-2)9-16(13)18/h3-9,11,19H,10H2,1-2H3/t11-/m1/s1. The summed E-state index contributed by atoms with van der Waals surface area (Å²) in [5.41, 5.74) is 1.69. The molecule has 0 fully saturated rings.